The number of nitrogens with two attached hydrogens (primary N) is 1. The lowest BCUT2D eigenvalue weighted by Gasteiger charge is -2.31. The van der Waals surface area contributed by atoms with Gasteiger partial charge in [-0.2, -0.15) is 0 Å². The summed E-state index contributed by atoms with van der Waals surface area (Å²) >= 11 is 0. The highest BCUT2D eigenvalue weighted by Gasteiger charge is 2.30. The molecule has 0 aliphatic heterocycles. The van der Waals surface area contributed by atoms with Gasteiger partial charge < -0.3 is 10.5 Å². The standard InChI is InChI=1S/C18H29NO/c1-15(2)17-9-7-16(8-10-17)13-20-18(14-19)11-5-3-4-6-12-18/h7-10,15H,3-6,11-14,19H2,1-2H3. The molecule has 0 unspecified atom stereocenters. The van der Waals surface area contributed by atoms with Gasteiger partial charge >= 0.3 is 0 Å². The zero-order chi connectivity index (χ0) is 14.4. The molecule has 20 heavy (non-hydrogen) atoms. The molecule has 0 spiro atoms. The molecule has 0 radical (unpaired) electrons. The van der Waals surface area contributed by atoms with Crippen LogP contribution in [-0.4, -0.2) is 12.1 Å². The fourth-order valence-corrected chi connectivity index (χ4v) is 3.02. The molecule has 1 saturated carbocycles. The van der Waals surface area contributed by atoms with Crippen molar-refractivity contribution in [3.63, 3.8) is 0 Å². The highest BCUT2D eigenvalue weighted by Crippen LogP contribution is 2.30. The minimum absolute atomic E-state index is 0.0762. The molecule has 0 saturated heterocycles. The van der Waals surface area contributed by atoms with Crippen LogP contribution in [0.25, 0.3) is 0 Å². The largest absolute Gasteiger partial charge is 0.369 e. The summed E-state index contributed by atoms with van der Waals surface area (Å²) in [7, 11) is 0. The Balaban J connectivity index is 1.95. The van der Waals surface area contributed by atoms with Crippen molar-refractivity contribution in [1.82, 2.24) is 0 Å². The lowest BCUT2D eigenvalue weighted by molar-refractivity contribution is -0.0602. The summed E-state index contributed by atoms with van der Waals surface area (Å²) in [5.74, 6) is 0.585. The normalized spacial score (nSPS) is 19.0. The molecular formula is C18H29NO. The summed E-state index contributed by atoms with van der Waals surface area (Å²) in [5.41, 5.74) is 8.58. The smallest absolute Gasteiger partial charge is 0.0808 e. The first-order chi connectivity index (χ1) is 9.65. The van der Waals surface area contributed by atoms with E-state index in [9.17, 15) is 0 Å². The lowest BCUT2D eigenvalue weighted by Crippen LogP contribution is -2.40. The predicted molar refractivity (Wildman–Crippen MR) is 84.8 cm³/mol. The van der Waals surface area contributed by atoms with Gasteiger partial charge in [0.2, 0.25) is 0 Å². The quantitative estimate of drug-likeness (QED) is 0.809. The van der Waals surface area contributed by atoms with Crippen molar-refractivity contribution in [2.24, 2.45) is 5.73 Å². The van der Waals surface area contributed by atoms with Gasteiger partial charge in [0, 0.05) is 6.54 Å². The molecule has 1 fully saturated rings. The average molecular weight is 275 g/mol. The fraction of sp³-hybridized carbons (Fsp3) is 0.667. The zero-order valence-corrected chi connectivity index (χ0v) is 13.0. The first-order valence-electron chi connectivity index (χ1n) is 8.08. The van der Waals surface area contributed by atoms with E-state index in [4.69, 9.17) is 10.5 Å². The van der Waals surface area contributed by atoms with E-state index < -0.39 is 0 Å². The molecule has 1 aliphatic rings. The van der Waals surface area contributed by atoms with Gasteiger partial charge in [-0.1, -0.05) is 63.8 Å². The topological polar surface area (TPSA) is 35.2 Å². The average Bonchev–Trinajstić information content (AvgIpc) is 2.72. The molecule has 2 N–H and O–H groups in total. The van der Waals surface area contributed by atoms with Crippen LogP contribution in [0.1, 0.15) is 69.4 Å². The second-order valence-electron chi connectivity index (χ2n) is 6.49. The Morgan fingerprint density at radius 2 is 1.65 bits per heavy atom. The van der Waals surface area contributed by atoms with Gasteiger partial charge in [-0.3, -0.25) is 0 Å². The Morgan fingerprint density at radius 3 is 2.15 bits per heavy atom. The van der Waals surface area contributed by atoms with Crippen molar-refractivity contribution in [3.8, 4) is 0 Å². The third-order valence-electron chi connectivity index (χ3n) is 4.58. The van der Waals surface area contributed by atoms with E-state index in [2.05, 4.69) is 38.1 Å². The van der Waals surface area contributed by atoms with Crippen LogP contribution in [-0.2, 0) is 11.3 Å². The Labute approximate surface area is 123 Å². The van der Waals surface area contributed by atoms with E-state index in [1.165, 1.54) is 36.8 Å². The van der Waals surface area contributed by atoms with Crippen molar-refractivity contribution in [3.05, 3.63) is 35.4 Å². The van der Waals surface area contributed by atoms with Gasteiger partial charge in [0.1, 0.15) is 0 Å². The number of ether oxygens (including phenoxy) is 1. The Bertz CT molecular complexity index is 388. The van der Waals surface area contributed by atoms with E-state index in [1.54, 1.807) is 0 Å². The predicted octanol–water partition coefficient (Wildman–Crippen LogP) is 4.38. The van der Waals surface area contributed by atoms with Crippen LogP contribution in [0.5, 0.6) is 0 Å². The van der Waals surface area contributed by atoms with Crippen LogP contribution in [0.4, 0.5) is 0 Å². The molecule has 1 aliphatic carbocycles. The third kappa shape index (κ3) is 4.07. The summed E-state index contributed by atoms with van der Waals surface area (Å²) in [6, 6.07) is 8.81. The molecule has 1 aromatic rings. The van der Waals surface area contributed by atoms with Gasteiger partial charge in [0.05, 0.1) is 12.2 Å². The maximum absolute atomic E-state index is 6.26. The molecule has 2 rings (SSSR count). The van der Waals surface area contributed by atoms with Crippen LogP contribution < -0.4 is 5.73 Å². The Hall–Kier alpha value is -0.860. The minimum Gasteiger partial charge on any atom is -0.369 e. The summed E-state index contributed by atoms with van der Waals surface area (Å²) in [5, 5.41) is 0. The Morgan fingerprint density at radius 1 is 1.05 bits per heavy atom. The SMILES string of the molecule is CC(C)c1ccc(COC2(CN)CCCCCC2)cc1. The lowest BCUT2D eigenvalue weighted by atomic mass is 9.94. The highest BCUT2D eigenvalue weighted by atomic mass is 16.5. The zero-order valence-electron chi connectivity index (χ0n) is 13.0. The van der Waals surface area contributed by atoms with Crippen LogP contribution >= 0.6 is 0 Å². The van der Waals surface area contributed by atoms with Gasteiger partial charge in [0.25, 0.3) is 0 Å². The monoisotopic (exact) mass is 275 g/mol. The van der Waals surface area contributed by atoms with Crippen LogP contribution in [0.3, 0.4) is 0 Å². The highest BCUT2D eigenvalue weighted by molar-refractivity contribution is 5.24. The summed E-state index contributed by atoms with van der Waals surface area (Å²) in [6.45, 7) is 5.79. The summed E-state index contributed by atoms with van der Waals surface area (Å²) < 4.78 is 6.26. The second kappa shape index (κ2) is 7.24. The molecule has 2 nitrogen and oxygen atoms in total. The molecule has 0 heterocycles. The molecule has 0 amide bonds. The van der Waals surface area contributed by atoms with Gasteiger partial charge in [-0.05, 0) is 29.9 Å². The van der Waals surface area contributed by atoms with E-state index in [-0.39, 0.29) is 5.60 Å². The van der Waals surface area contributed by atoms with Crippen LogP contribution in [0.2, 0.25) is 0 Å². The van der Waals surface area contributed by atoms with Crippen LogP contribution in [0, 0.1) is 0 Å². The fourth-order valence-electron chi connectivity index (χ4n) is 3.02. The molecular weight excluding hydrogens is 246 g/mol. The number of hydrogen-bond acceptors (Lipinski definition) is 2. The number of rotatable bonds is 5. The first kappa shape index (κ1) is 15.5. The number of benzene rings is 1. The maximum atomic E-state index is 6.26. The maximum Gasteiger partial charge on any atom is 0.0808 e. The molecule has 0 atom stereocenters. The van der Waals surface area contributed by atoms with Gasteiger partial charge in [-0.15, -0.1) is 0 Å². The van der Waals surface area contributed by atoms with Gasteiger partial charge in [0.15, 0.2) is 0 Å². The van der Waals surface area contributed by atoms with Crippen molar-refractivity contribution in [2.45, 2.75) is 70.5 Å². The molecule has 2 heteroatoms. The summed E-state index contributed by atoms with van der Waals surface area (Å²) in [4.78, 5) is 0. The summed E-state index contributed by atoms with van der Waals surface area (Å²) in [6.07, 6.45) is 7.40. The third-order valence-corrected chi connectivity index (χ3v) is 4.58. The Kier molecular flexibility index (Phi) is 5.62. The van der Waals surface area contributed by atoms with E-state index in [1.807, 2.05) is 0 Å². The van der Waals surface area contributed by atoms with Crippen molar-refractivity contribution in [1.29, 1.82) is 0 Å². The second-order valence-corrected chi connectivity index (χ2v) is 6.49. The molecule has 0 bridgehead atoms. The van der Waals surface area contributed by atoms with E-state index >= 15 is 0 Å². The minimum atomic E-state index is -0.0762. The molecule has 0 aromatic heterocycles. The van der Waals surface area contributed by atoms with Crippen LogP contribution in [0.15, 0.2) is 24.3 Å². The molecule has 1 aromatic carbocycles. The van der Waals surface area contributed by atoms with Gasteiger partial charge in [-0.25, -0.2) is 0 Å². The van der Waals surface area contributed by atoms with E-state index in [0.29, 0.717) is 19.1 Å². The number of hydrogen-bond donors (Lipinski definition) is 1. The van der Waals surface area contributed by atoms with Crippen molar-refractivity contribution < 1.29 is 4.74 Å². The van der Waals surface area contributed by atoms with Crippen molar-refractivity contribution in [2.75, 3.05) is 6.54 Å². The molecule has 112 valence electrons. The van der Waals surface area contributed by atoms with Crippen molar-refractivity contribution >= 4 is 0 Å². The first-order valence-corrected chi connectivity index (χ1v) is 8.08. The van der Waals surface area contributed by atoms with E-state index in [0.717, 1.165) is 12.8 Å².